The van der Waals surface area contributed by atoms with Gasteiger partial charge in [-0.2, -0.15) is 8.62 Å². The topological polar surface area (TPSA) is 232 Å². The van der Waals surface area contributed by atoms with Crippen molar-refractivity contribution in [3.05, 3.63) is 46.6 Å². The number of aliphatic hydroxyl groups excluding tert-OH is 2. The van der Waals surface area contributed by atoms with E-state index in [-0.39, 0.29) is 10.8 Å². The monoisotopic (exact) mass is 535 g/mol. The van der Waals surface area contributed by atoms with Crippen LogP contribution in [0.3, 0.4) is 0 Å². The first-order valence-corrected chi connectivity index (χ1v) is 13.2. The number of hydrogen-bond donors (Lipinski definition) is 6. The van der Waals surface area contributed by atoms with Crippen LogP contribution in [0.5, 0.6) is 0 Å². The second kappa shape index (κ2) is 9.36. The summed E-state index contributed by atoms with van der Waals surface area (Å²) in [7, 11) is -16.8. The molecular weight excluding hydrogens is 518 g/mol. The third kappa shape index (κ3) is 6.41. The van der Waals surface area contributed by atoms with Gasteiger partial charge in [-0.1, -0.05) is 0 Å². The van der Waals surface area contributed by atoms with Crippen molar-refractivity contribution in [2.24, 2.45) is 0 Å². The van der Waals surface area contributed by atoms with Crippen LogP contribution in [0.2, 0.25) is 0 Å². The highest BCUT2D eigenvalue weighted by Gasteiger charge is 2.46. The van der Waals surface area contributed by atoms with Gasteiger partial charge < -0.3 is 34.5 Å². The van der Waals surface area contributed by atoms with Crippen LogP contribution in [0.25, 0.3) is 10.8 Å². The minimum Gasteiger partial charge on any atom is -0.387 e. The quantitative estimate of drug-likeness (QED) is 0.246. The molecular formula is C14H17FNO14P3. The van der Waals surface area contributed by atoms with Crippen molar-refractivity contribution in [2.45, 2.75) is 24.5 Å². The molecule has 0 bridgehead atoms. The summed E-state index contributed by atoms with van der Waals surface area (Å²) in [6, 6.07) is 4.70. The summed E-state index contributed by atoms with van der Waals surface area (Å²) >= 11 is 0. The molecule has 0 aliphatic carbocycles. The Hall–Kier alpha value is -1.35. The Morgan fingerprint density at radius 3 is 2.30 bits per heavy atom. The summed E-state index contributed by atoms with van der Waals surface area (Å²) in [5, 5.41) is 20.7. The largest absolute Gasteiger partial charge is 0.490 e. The number of pyridine rings is 1. The molecule has 1 aromatic carbocycles. The van der Waals surface area contributed by atoms with Crippen LogP contribution in [0, 0.1) is 5.82 Å². The number of benzene rings is 1. The first kappa shape index (κ1) is 26.3. The van der Waals surface area contributed by atoms with Gasteiger partial charge in [-0.15, -0.1) is 0 Å². The van der Waals surface area contributed by atoms with Crippen molar-refractivity contribution >= 4 is 34.2 Å². The smallest absolute Gasteiger partial charge is 0.387 e. The van der Waals surface area contributed by atoms with Gasteiger partial charge in [-0.05, 0) is 29.7 Å². The summed E-state index contributed by atoms with van der Waals surface area (Å²) in [5.41, 5.74) is -0.711. The number of nitrogens with zero attached hydrogens (tertiary/aromatic N) is 1. The Balaban J connectivity index is 1.73. The molecule has 6 N–H and O–H groups in total. The highest BCUT2D eigenvalue weighted by Crippen LogP contribution is 2.66. The molecule has 33 heavy (non-hydrogen) atoms. The highest BCUT2D eigenvalue weighted by atomic mass is 31.3. The van der Waals surface area contributed by atoms with E-state index in [1.807, 2.05) is 0 Å². The Morgan fingerprint density at radius 1 is 1.00 bits per heavy atom. The minimum atomic E-state index is -5.74. The number of phosphoric ester groups is 1. The zero-order valence-corrected chi connectivity index (χ0v) is 18.7. The van der Waals surface area contributed by atoms with Crippen molar-refractivity contribution in [1.82, 2.24) is 4.57 Å². The van der Waals surface area contributed by atoms with Crippen LogP contribution in [0.1, 0.15) is 6.23 Å². The van der Waals surface area contributed by atoms with Gasteiger partial charge in [0.15, 0.2) is 6.23 Å². The average Bonchev–Trinajstić information content (AvgIpc) is 2.92. The molecule has 0 saturated carbocycles. The maximum absolute atomic E-state index is 13.3. The van der Waals surface area contributed by atoms with Crippen LogP contribution < -0.4 is 5.56 Å². The van der Waals surface area contributed by atoms with E-state index < -0.39 is 66.0 Å². The number of ether oxygens (including phenoxy) is 1. The lowest BCUT2D eigenvalue weighted by Crippen LogP contribution is -2.35. The summed E-state index contributed by atoms with van der Waals surface area (Å²) in [6.07, 6.45) is -5.43. The van der Waals surface area contributed by atoms with E-state index >= 15 is 0 Å². The molecule has 2 heterocycles. The Bertz CT molecular complexity index is 1250. The van der Waals surface area contributed by atoms with E-state index in [1.54, 1.807) is 0 Å². The first-order chi connectivity index (χ1) is 15.1. The molecule has 1 aliphatic heterocycles. The second-order valence-electron chi connectivity index (χ2n) is 6.69. The first-order valence-electron chi connectivity index (χ1n) is 8.69. The summed E-state index contributed by atoms with van der Waals surface area (Å²) < 4.78 is 64.8. The minimum absolute atomic E-state index is 0.0703. The zero-order valence-electron chi connectivity index (χ0n) is 16.0. The molecule has 2 unspecified atom stereocenters. The lowest BCUT2D eigenvalue weighted by atomic mass is 10.1. The number of aliphatic hydroxyl groups is 2. The third-order valence-corrected chi connectivity index (χ3v) is 8.13. The second-order valence-corrected chi connectivity index (χ2v) is 11.1. The average molecular weight is 535 g/mol. The van der Waals surface area contributed by atoms with E-state index in [4.69, 9.17) is 19.4 Å². The number of hydrogen-bond acceptors (Lipinski definition) is 10. The molecule has 1 aromatic heterocycles. The van der Waals surface area contributed by atoms with Gasteiger partial charge in [0.05, 0.1) is 6.61 Å². The van der Waals surface area contributed by atoms with Gasteiger partial charge in [0.2, 0.25) is 0 Å². The third-order valence-electron chi connectivity index (χ3n) is 4.32. The summed E-state index contributed by atoms with van der Waals surface area (Å²) in [6.45, 7) is -1.04. The molecule has 0 spiro atoms. The van der Waals surface area contributed by atoms with Crippen molar-refractivity contribution in [2.75, 3.05) is 6.61 Å². The zero-order chi connectivity index (χ0) is 24.8. The number of aromatic nitrogens is 1. The van der Waals surface area contributed by atoms with Gasteiger partial charge in [0.25, 0.3) is 5.56 Å². The Morgan fingerprint density at radius 2 is 1.67 bits per heavy atom. The van der Waals surface area contributed by atoms with E-state index in [0.717, 1.165) is 22.9 Å². The van der Waals surface area contributed by atoms with Crippen molar-refractivity contribution in [3.8, 4) is 0 Å². The van der Waals surface area contributed by atoms with Crippen LogP contribution in [0.15, 0.2) is 35.3 Å². The normalized spacial score (nSPS) is 27.4. The maximum Gasteiger partial charge on any atom is 0.490 e. The van der Waals surface area contributed by atoms with Crippen molar-refractivity contribution in [3.63, 3.8) is 0 Å². The lowest BCUT2D eigenvalue weighted by molar-refractivity contribution is -0.0533. The molecule has 1 fully saturated rings. The van der Waals surface area contributed by atoms with Gasteiger partial charge in [-0.25, -0.2) is 18.1 Å². The van der Waals surface area contributed by atoms with Crippen molar-refractivity contribution in [1.29, 1.82) is 0 Å². The fourth-order valence-corrected chi connectivity index (χ4v) is 6.03. The molecule has 184 valence electrons. The van der Waals surface area contributed by atoms with Crippen LogP contribution in [-0.4, -0.2) is 59.3 Å². The molecule has 3 rings (SSSR count). The molecule has 15 nitrogen and oxygen atoms in total. The van der Waals surface area contributed by atoms with Gasteiger partial charge in [0.1, 0.15) is 24.1 Å². The van der Waals surface area contributed by atoms with E-state index in [0.29, 0.717) is 0 Å². The number of phosphoric acid groups is 3. The molecule has 1 saturated heterocycles. The van der Waals surface area contributed by atoms with Crippen LogP contribution in [-0.2, 0) is 31.6 Å². The molecule has 6 atom stereocenters. The maximum atomic E-state index is 13.3. The fourth-order valence-electron chi connectivity index (χ4n) is 3.00. The summed E-state index contributed by atoms with van der Waals surface area (Å²) in [4.78, 5) is 48.3. The lowest BCUT2D eigenvalue weighted by Gasteiger charge is -2.19. The molecule has 19 heteroatoms. The van der Waals surface area contributed by atoms with E-state index in [9.17, 15) is 38.0 Å². The van der Waals surface area contributed by atoms with Crippen molar-refractivity contribution < 1.29 is 65.8 Å². The Labute approximate surface area is 183 Å². The van der Waals surface area contributed by atoms with E-state index in [1.165, 1.54) is 12.1 Å². The number of fused-ring (bicyclic) bond motifs is 1. The van der Waals surface area contributed by atoms with Gasteiger partial charge >= 0.3 is 23.5 Å². The fraction of sp³-hybridized carbons (Fsp3) is 0.357. The van der Waals surface area contributed by atoms with Gasteiger partial charge in [-0.3, -0.25) is 13.9 Å². The van der Waals surface area contributed by atoms with Gasteiger partial charge in [0, 0.05) is 11.6 Å². The van der Waals surface area contributed by atoms with E-state index in [2.05, 4.69) is 13.1 Å². The molecule has 0 amide bonds. The SMILES string of the molecule is O=c1c2ccc(F)cc2ccn1[C@@H]1O[C@H](COP(=O)(O)OP(=O)(O)OP(=O)(O)O)[C@@H](O)[C@H]1O. The standard InChI is InChI=1S/C14H17FNO14P3/c15-8-1-2-9-7(5-8)3-4-16(13(9)19)14-12(18)11(17)10(28-14)6-27-32(23,24)30-33(25,26)29-31(20,21)22/h1-5,10-12,14,17-18H,6H2,(H,23,24)(H,25,26)(H2,20,21,22)/t10-,11-,12-,14-/m1/s1. The molecule has 1 aliphatic rings. The Kier molecular flexibility index (Phi) is 7.45. The van der Waals surface area contributed by atoms with Crippen LogP contribution in [0.4, 0.5) is 4.39 Å². The number of halogens is 1. The molecule has 2 aromatic rings. The van der Waals surface area contributed by atoms with Crippen LogP contribution >= 0.6 is 23.5 Å². The molecule has 0 radical (unpaired) electrons. The highest BCUT2D eigenvalue weighted by molar-refractivity contribution is 7.66. The number of rotatable bonds is 8. The summed E-state index contributed by atoms with van der Waals surface area (Å²) in [5.74, 6) is -0.585. The predicted octanol–water partition coefficient (Wildman–Crippen LogP) is 0.103. The predicted molar refractivity (Wildman–Crippen MR) is 104 cm³/mol.